The van der Waals surface area contributed by atoms with Gasteiger partial charge in [0, 0.05) is 24.4 Å². The van der Waals surface area contributed by atoms with Crippen molar-refractivity contribution in [2.24, 2.45) is 0 Å². The summed E-state index contributed by atoms with van der Waals surface area (Å²) in [6.07, 6.45) is 1.54. The van der Waals surface area contributed by atoms with Crippen LogP contribution >= 0.6 is 0 Å². The number of ether oxygens (including phenoxy) is 1. The van der Waals surface area contributed by atoms with E-state index in [1.807, 2.05) is 6.92 Å². The van der Waals surface area contributed by atoms with Crippen molar-refractivity contribution in [1.82, 2.24) is 9.78 Å². The minimum absolute atomic E-state index is 0.0501. The normalized spacial score (nSPS) is 12.1. The second-order valence-electron chi connectivity index (χ2n) is 3.65. The maximum atomic E-state index is 11.3. The smallest absolute Gasteiger partial charge is 0.306 e. The molecule has 0 aromatic carbocycles. The molecule has 0 fully saturated rings. The molecule has 6 heteroatoms. The SMILES string of the molecule is CCn1nccc1C(CC(=O)O)CC(=O)OC. The second kappa shape index (κ2) is 6.03. The Bertz CT molecular complexity index is 400. The van der Waals surface area contributed by atoms with Crippen LogP contribution in [0.3, 0.4) is 0 Å². The van der Waals surface area contributed by atoms with Crippen LogP contribution in [0.15, 0.2) is 12.3 Å². The largest absolute Gasteiger partial charge is 0.481 e. The topological polar surface area (TPSA) is 81.4 Å². The van der Waals surface area contributed by atoms with E-state index in [1.54, 1.807) is 16.9 Å². The van der Waals surface area contributed by atoms with E-state index in [1.165, 1.54) is 7.11 Å². The van der Waals surface area contributed by atoms with Gasteiger partial charge in [-0.2, -0.15) is 5.10 Å². The molecule has 1 aromatic heterocycles. The van der Waals surface area contributed by atoms with Crippen molar-refractivity contribution in [3.05, 3.63) is 18.0 Å². The van der Waals surface area contributed by atoms with Gasteiger partial charge in [-0.25, -0.2) is 0 Å². The molecule has 0 amide bonds. The number of nitrogens with zero attached hydrogens (tertiary/aromatic N) is 2. The maximum absolute atomic E-state index is 11.3. The number of carboxylic acids is 1. The van der Waals surface area contributed by atoms with Gasteiger partial charge in [-0.3, -0.25) is 14.3 Å². The molecule has 0 radical (unpaired) electrons. The van der Waals surface area contributed by atoms with Gasteiger partial charge in [0.15, 0.2) is 0 Å². The molecular formula is C11H16N2O4. The van der Waals surface area contributed by atoms with E-state index in [9.17, 15) is 9.59 Å². The Morgan fingerprint density at radius 1 is 1.53 bits per heavy atom. The number of carbonyl (C=O) groups is 2. The van der Waals surface area contributed by atoms with Gasteiger partial charge in [0.05, 0.1) is 20.0 Å². The van der Waals surface area contributed by atoms with Crippen LogP contribution in [0.1, 0.15) is 31.4 Å². The van der Waals surface area contributed by atoms with Gasteiger partial charge in [0.25, 0.3) is 0 Å². The number of hydrogen-bond donors (Lipinski definition) is 1. The number of methoxy groups -OCH3 is 1. The Morgan fingerprint density at radius 3 is 2.76 bits per heavy atom. The van der Waals surface area contributed by atoms with E-state index in [-0.39, 0.29) is 12.8 Å². The van der Waals surface area contributed by atoms with Crippen LogP contribution in [0.2, 0.25) is 0 Å². The summed E-state index contributed by atoms with van der Waals surface area (Å²) in [7, 11) is 1.29. The number of carbonyl (C=O) groups excluding carboxylic acids is 1. The Kier molecular flexibility index (Phi) is 4.68. The number of rotatable bonds is 6. The number of hydrogen-bond acceptors (Lipinski definition) is 4. The lowest BCUT2D eigenvalue weighted by Crippen LogP contribution is -2.16. The van der Waals surface area contributed by atoms with Gasteiger partial charge in [-0.15, -0.1) is 0 Å². The lowest BCUT2D eigenvalue weighted by Gasteiger charge is -2.14. The summed E-state index contributed by atoms with van der Waals surface area (Å²) in [5.74, 6) is -1.76. The first kappa shape index (κ1) is 13.2. The Balaban J connectivity index is 2.89. The molecule has 1 unspecified atom stereocenters. The van der Waals surface area contributed by atoms with Crippen molar-refractivity contribution in [3.63, 3.8) is 0 Å². The molecular weight excluding hydrogens is 224 g/mol. The fourth-order valence-electron chi connectivity index (χ4n) is 1.73. The van der Waals surface area contributed by atoms with E-state index < -0.39 is 17.9 Å². The number of carboxylic acid groups (broad SMARTS) is 1. The summed E-state index contributed by atoms with van der Waals surface area (Å²) in [6.45, 7) is 2.55. The Labute approximate surface area is 99.2 Å². The minimum atomic E-state index is -0.942. The maximum Gasteiger partial charge on any atom is 0.306 e. The van der Waals surface area contributed by atoms with Gasteiger partial charge < -0.3 is 9.84 Å². The summed E-state index contributed by atoms with van der Waals surface area (Å²) in [6, 6.07) is 1.74. The Morgan fingerprint density at radius 2 is 2.24 bits per heavy atom. The van der Waals surface area contributed by atoms with Gasteiger partial charge in [0.1, 0.15) is 0 Å². The van der Waals surface area contributed by atoms with E-state index in [2.05, 4.69) is 9.84 Å². The fraction of sp³-hybridized carbons (Fsp3) is 0.545. The molecule has 1 aromatic rings. The number of aryl methyl sites for hydroxylation is 1. The highest BCUT2D eigenvalue weighted by molar-refractivity contribution is 5.73. The first-order valence-electron chi connectivity index (χ1n) is 5.38. The standard InChI is InChI=1S/C11H16N2O4/c1-3-13-9(4-5-12-13)8(6-10(14)15)7-11(16)17-2/h4-5,8H,3,6-7H2,1-2H3,(H,14,15). The predicted molar refractivity (Wildman–Crippen MR) is 59.5 cm³/mol. The summed E-state index contributed by atoms with van der Waals surface area (Å²) in [4.78, 5) is 22.0. The molecule has 0 aliphatic heterocycles. The minimum Gasteiger partial charge on any atom is -0.481 e. The van der Waals surface area contributed by atoms with E-state index in [0.29, 0.717) is 6.54 Å². The first-order chi connectivity index (χ1) is 8.08. The quantitative estimate of drug-likeness (QED) is 0.751. The highest BCUT2D eigenvalue weighted by Gasteiger charge is 2.22. The highest BCUT2D eigenvalue weighted by Crippen LogP contribution is 2.23. The van der Waals surface area contributed by atoms with Gasteiger partial charge >= 0.3 is 11.9 Å². The Hall–Kier alpha value is -1.85. The van der Waals surface area contributed by atoms with Gasteiger partial charge in [0.2, 0.25) is 0 Å². The summed E-state index contributed by atoms with van der Waals surface area (Å²) in [5.41, 5.74) is 0.750. The second-order valence-corrected chi connectivity index (χ2v) is 3.65. The van der Waals surface area contributed by atoms with Crippen LogP contribution in [0.25, 0.3) is 0 Å². The van der Waals surface area contributed by atoms with Crippen LogP contribution in [0.4, 0.5) is 0 Å². The molecule has 0 spiro atoms. The van der Waals surface area contributed by atoms with Crippen LogP contribution in [0.5, 0.6) is 0 Å². The lowest BCUT2D eigenvalue weighted by atomic mass is 9.97. The molecule has 0 aliphatic carbocycles. The lowest BCUT2D eigenvalue weighted by molar-refractivity contribution is -0.142. The number of esters is 1. The van der Waals surface area contributed by atoms with Crippen LogP contribution in [0, 0.1) is 0 Å². The van der Waals surface area contributed by atoms with E-state index >= 15 is 0 Å². The molecule has 6 nitrogen and oxygen atoms in total. The number of aliphatic carboxylic acids is 1. The molecule has 0 aliphatic rings. The average molecular weight is 240 g/mol. The zero-order valence-electron chi connectivity index (χ0n) is 9.92. The monoisotopic (exact) mass is 240 g/mol. The molecule has 0 bridgehead atoms. The van der Waals surface area contributed by atoms with Crippen molar-refractivity contribution in [2.45, 2.75) is 32.2 Å². The van der Waals surface area contributed by atoms with Crippen molar-refractivity contribution in [3.8, 4) is 0 Å². The third kappa shape index (κ3) is 3.58. The van der Waals surface area contributed by atoms with Crippen molar-refractivity contribution < 1.29 is 19.4 Å². The molecule has 0 saturated heterocycles. The molecule has 1 rings (SSSR count). The van der Waals surface area contributed by atoms with Crippen LogP contribution in [-0.2, 0) is 20.9 Å². The van der Waals surface area contributed by atoms with Crippen molar-refractivity contribution in [2.75, 3.05) is 7.11 Å². The zero-order chi connectivity index (χ0) is 12.8. The van der Waals surface area contributed by atoms with E-state index in [4.69, 9.17) is 5.11 Å². The van der Waals surface area contributed by atoms with E-state index in [0.717, 1.165) is 5.69 Å². The predicted octanol–water partition coefficient (Wildman–Crippen LogP) is 1.02. The summed E-state index contributed by atoms with van der Waals surface area (Å²) >= 11 is 0. The first-order valence-corrected chi connectivity index (χ1v) is 5.38. The van der Waals surface area contributed by atoms with Crippen molar-refractivity contribution >= 4 is 11.9 Å². The highest BCUT2D eigenvalue weighted by atomic mass is 16.5. The third-order valence-corrected chi connectivity index (χ3v) is 2.53. The molecule has 0 saturated carbocycles. The molecule has 94 valence electrons. The van der Waals surface area contributed by atoms with Crippen LogP contribution in [-0.4, -0.2) is 33.9 Å². The van der Waals surface area contributed by atoms with Gasteiger partial charge in [-0.05, 0) is 13.0 Å². The molecule has 1 heterocycles. The third-order valence-electron chi connectivity index (χ3n) is 2.53. The molecule has 1 N–H and O–H groups in total. The molecule has 17 heavy (non-hydrogen) atoms. The van der Waals surface area contributed by atoms with Crippen LogP contribution < -0.4 is 0 Å². The number of aromatic nitrogens is 2. The average Bonchev–Trinajstić information content (AvgIpc) is 2.75. The summed E-state index contributed by atoms with van der Waals surface area (Å²) < 4.78 is 6.26. The van der Waals surface area contributed by atoms with Crippen molar-refractivity contribution in [1.29, 1.82) is 0 Å². The zero-order valence-corrected chi connectivity index (χ0v) is 9.92. The summed E-state index contributed by atoms with van der Waals surface area (Å²) in [5, 5.41) is 12.9. The molecule has 1 atom stereocenters. The van der Waals surface area contributed by atoms with Gasteiger partial charge in [-0.1, -0.05) is 0 Å². The fourth-order valence-corrected chi connectivity index (χ4v) is 1.73.